The van der Waals surface area contributed by atoms with Gasteiger partial charge in [0.1, 0.15) is 12.4 Å². The summed E-state index contributed by atoms with van der Waals surface area (Å²) >= 11 is 0. The van der Waals surface area contributed by atoms with Crippen molar-refractivity contribution in [3.8, 4) is 5.75 Å². The summed E-state index contributed by atoms with van der Waals surface area (Å²) < 4.78 is 15.3. The predicted octanol–water partition coefficient (Wildman–Crippen LogP) is 2.02. The lowest BCUT2D eigenvalue weighted by molar-refractivity contribution is -0.148. The van der Waals surface area contributed by atoms with E-state index in [1.54, 1.807) is 18.2 Å². The fraction of sp³-hybridized carbons (Fsp3) is 0.250. The van der Waals surface area contributed by atoms with Gasteiger partial charge in [0.2, 0.25) is 0 Å². The summed E-state index contributed by atoms with van der Waals surface area (Å²) in [4.78, 5) is 24.1. The van der Waals surface area contributed by atoms with Crippen molar-refractivity contribution in [3.05, 3.63) is 54.5 Å². The SMILES string of the molecule is COC(=O)[C@](C)(COc1ccccc1)NC(=O)c1ccco1. The first-order chi connectivity index (χ1) is 10.5. The van der Waals surface area contributed by atoms with Crippen molar-refractivity contribution in [3.63, 3.8) is 0 Å². The number of esters is 1. The Bertz CT molecular complexity index is 623. The molecule has 0 unspecified atom stereocenters. The van der Waals surface area contributed by atoms with Crippen LogP contribution in [0, 0.1) is 0 Å². The van der Waals surface area contributed by atoms with Crippen LogP contribution < -0.4 is 10.1 Å². The number of amides is 1. The molecule has 0 aliphatic heterocycles. The van der Waals surface area contributed by atoms with Gasteiger partial charge in [-0.1, -0.05) is 18.2 Å². The lowest BCUT2D eigenvalue weighted by Gasteiger charge is -2.27. The minimum atomic E-state index is -1.34. The maximum absolute atomic E-state index is 12.1. The van der Waals surface area contributed by atoms with Crippen LogP contribution >= 0.6 is 0 Å². The third-order valence-electron chi connectivity index (χ3n) is 3.04. The number of carbonyl (C=O) groups excluding carboxylic acids is 2. The van der Waals surface area contributed by atoms with Crippen molar-refractivity contribution in [2.75, 3.05) is 13.7 Å². The van der Waals surface area contributed by atoms with E-state index in [0.29, 0.717) is 5.75 Å². The van der Waals surface area contributed by atoms with E-state index in [4.69, 9.17) is 13.9 Å². The Hall–Kier alpha value is -2.76. The molecule has 0 radical (unpaired) electrons. The van der Waals surface area contributed by atoms with Crippen LogP contribution in [0.2, 0.25) is 0 Å². The fourth-order valence-corrected chi connectivity index (χ4v) is 1.84. The first-order valence-electron chi connectivity index (χ1n) is 6.67. The van der Waals surface area contributed by atoms with Crippen molar-refractivity contribution in [2.24, 2.45) is 0 Å². The molecule has 2 aromatic rings. The molecule has 116 valence electrons. The van der Waals surface area contributed by atoms with Crippen LogP contribution in [0.4, 0.5) is 0 Å². The summed E-state index contributed by atoms with van der Waals surface area (Å²) in [5, 5.41) is 2.58. The zero-order valence-corrected chi connectivity index (χ0v) is 12.4. The van der Waals surface area contributed by atoms with Gasteiger partial charge in [-0.25, -0.2) is 4.79 Å². The minimum Gasteiger partial charge on any atom is -0.491 e. The van der Waals surface area contributed by atoms with Crippen molar-refractivity contribution in [1.29, 1.82) is 0 Å². The van der Waals surface area contributed by atoms with Crippen LogP contribution in [0.15, 0.2) is 53.1 Å². The second kappa shape index (κ2) is 6.80. The molecule has 22 heavy (non-hydrogen) atoms. The quantitative estimate of drug-likeness (QED) is 0.826. The maximum atomic E-state index is 12.1. The van der Waals surface area contributed by atoms with Gasteiger partial charge in [-0.05, 0) is 31.2 Å². The Labute approximate surface area is 128 Å². The third-order valence-corrected chi connectivity index (χ3v) is 3.04. The van der Waals surface area contributed by atoms with E-state index in [9.17, 15) is 9.59 Å². The van der Waals surface area contributed by atoms with Gasteiger partial charge in [0.25, 0.3) is 5.91 Å². The van der Waals surface area contributed by atoms with Crippen molar-refractivity contribution < 1.29 is 23.5 Å². The average molecular weight is 303 g/mol. The zero-order valence-electron chi connectivity index (χ0n) is 12.4. The summed E-state index contributed by atoms with van der Waals surface area (Å²) in [6, 6.07) is 12.1. The van der Waals surface area contributed by atoms with E-state index in [2.05, 4.69) is 5.32 Å². The number of hydrogen-bond donors (Lipinski definition) is 1. The van der Waals surface area contributed by atoms with E-state index >= 15 is 0 Å². The smallest absolute Gasteiger partial charge is 0.334 e. The number of benzene rings is 1. The number of methoxy groups -OCH3 is 1. The van der Waals surface area contributed by atoms with Crippen molar-refractivity contribution >= 4 is 11.9 Å². The molecule has 6 nitrogen and oxygen atoms in total. The molecular formula is C16H17NO5. The summed E-state index contributed by atoms with van der Waals surface area (Å²) in [6.07, 6.45) is 1.38. The molecule has 1 N–H and O–H groups in total. The number of ether oxygens (including phenoxy) is 2. The summed E-state index contributed by atoms with van der Waals surface area (Å²) in [6.45, 7) is 1.46. The molecular weight excluding hydrogens is 286 g/mol. The highest BCUT2D eigenvalue weighted by atomic mass is 16.5. The zero-order chi connectivity index (χ0) is 16.0. The Balaban J connectivity index is 2.10. The third kappa shape index (κ3) is 3.66. The molecule has 0 saturated carbocycles. The highest BCUT2D eigenvalue weighted by molar-refractivity contribution is 5.96. The number of carbonyl (C=O) groups is 2. The molecule has 1 heterocycles. The molecule has 0 spiro atoms. The maximum Gasteiger partial charge on any atom is 0.334 e. The van der Waals surface area contributed by atoms with E-state index in [-0.39, 0.29) is 12.4 Å². The molecule has 1 amide bonds. The number of rotatable bonds is 6. The first kappa shape index (κ1) is 15.6. The predicted molar refractivity (Wildman–Crippen MR) is 78.5 cm³/mol. The van der Waals surface area contributed by atoms with Gasteiger partial charge in [0, 0.05) is 0 Å². The van der Waals surface area contributed by atoms with E-state index in [0.717, 1.165) is 0 Å². The van der Waals surface area contributed by atoms with Gasteiger partial charge in [0.15, 0.2) is 11.3 Å². The van der Waals surface area contributed by atoms with Gasteiger partial charge < -0.3 is 19.2 Å². The molecule has 1 atom stereocenters. The Kier molecular flexibility index (Phi) is 4.83. The largest absolute Gasteiger partial charge is 0.491 e. The summed E-state index contributed by atoms with van der Waals surface area (Å²) in [5.74, 6) is -0.433. The van der Waals surface area contributed by atoms with Crippen molar-refractivity contribution in [2.45, 2.75) is 12.5 Å². The van der Waals surface area contributed by atoms with Gasteiger partial charge in [-0.2, -0.15) is 0 Å². The van der Waals surface area contributed by atoms with E-state index < -0.39 is 17.4 Å². The van der Waals surface area contributed by atoms with Gasteiger partial charge >= 0.3 is 5.97 Å². The molecule has 6 heteroatoms. The minimum absolute atomic E-state index is 0.0733. The van der Waals surface area contributed by atoms with Crippen LogP contribution in [0.25, 0.3) is 0 Å². The van der Waals surface area contributed by atoms with Crippen LogP contribution in [-0.4, -0.2) is 31.1 Å². The van der Waals surface area contributed by atoms with Crippen LogP contribution in [0.3, 0.4) is 0 Å². The molecule has 1 aromatic heterocycles. The standard InChI is InChI=1S/C16H17NO5/c1-16(15(19)20-2,11-22-12-7-4-3-5-8-12)17-14(18)13-9-6-10-21-13/h3-10H,11H2,1-2H3,(H,17,18)/t16-/m0/s1. The molecule has 0 fully saturated rings. The van der Waals surface area contributed by atoms with Gasteiger partial charge in [0.05, 0.1) is 13.4 Å². The molecule has 0 aliphatic rings. The summed E-state index contributed by atoms with van der Waals surface area (Å²) in [5.41, 5.74) is -1.34. The Morgan fingerprint density at radius 3 is 2.50 bits per heavy atom. The second-order valence-electron chi connectivity index (χ2n) is 4.86. The van der Waals surface area contributed by atoms with Crippen LogP contribution in [-0.2, 0) is 9.53 Å². The van der Waals surface area contributed by atoms with Gasteiger partial charge in [-0.3, -0.25) is 4.79 Å². The Morgan fingerprint density at radius 2 is 1.91 bits per heavy atom. The van der Waals surface area contributed by atoms with E-state index in [1.165, 1.54) is 26.4 Å². The molecule has 1 aromatic carbocycles. The number of nitrogens with one attached hydrogen (secondary N) is 1. The monoisotopic (exact) mass is 303 g/mol. The highest BCUT2D eigenvalue weighted by Gasteiger charge is 2.38. The van der Waals surface area contributed by atoms with Crippen LogP contribution in [0.1, 0.15) is 17.5 Å². The molecule has 2 rings (SSSR count). The molecule has 0 saturated heterocycles. The second-order valence-corrected chi connectivity index (χ2v) is 4.86. The van der Waals surface area contributed by atoms with Crippen LogP contribution in [0.5, 0.6) is 5.75 Å². The lowest BCUT2D eigenvalue weighted by Crippen LogP contribution is -2.56. The lowest BCUT2D eigenvalue weighted by atomic mass is 10.0. The number of para-hydroxylation sites is 1. The van der Waals surface area contributed by atoms with E-state index in [1.807, 2.05) is 18.2 Å². The number of hydrogen-bond acceptors (Lipinski definition) is 5. The van der Waals surface area contributed by atoms with Crippen molar-refractivity contribution in [1.82, 2.24) is 5.32 Å². The molecule has 0 bridgehead atoms. The molecule has 0 aliphatic carbocycles. The average Bonchev–Trinajstić information content (AvgIpc) is 3.08. The highest BCUT2D eigenvalue weighted by Crippen LogP contribution is 2.14. The summed E-state index contributed by atoms with van der Waals surface area (Å²) in [7, 11) is 1.25. The Morgan fingerprint density at radius 1 is 1.18 bits per heavy atom. The topological polar surface area (TPSA) is 77.8 Å². The fourth-order valence-electron chi connectivity index (χ4n) is 1.84. The number of furan rings is 1. The normalized spacial score (nSPS) is 13.0. The first-order valence-corrected chi connectivity index (χ1v) is 6.67. The van der Waals surface area contributed by atoms with Gasteiger partial charge in [-0.15, -0.1) is 0 Å².